The van der Waals surface area contributed by atoms with Gasteiger partial charge < -0.3 is 34.6 Å². The lowest BCUT2D eigenvalue weighted by Gasteiger charge is -2.30. The van der Waals surface area contributed by atoms with Crippen molar-refractivity contribution in [2.24, 2.45) is 5.92 Å². The molecule has 4 aliphatic heterocycles. The summed E-state index contributed by atoms with van der Waals surface area (Å²) in [6.45, 7) is 1.47. The second-order valence-corrected chi connectivity index (χ2v) is 18.2. The molecule has 5 bridgehead atoms. The number of allylic oxidation sites excluding steroid dienone is 2. The molecule has 306 valence electrons. The van der Waals surface area contributed by atoms with Gasteiger partial charge in [-0.05, 0) is 76.0 Å². The van der Waals surface area contributed by atoms with Gasteiger partial charge in [0.25, 0.3) is 5.91 Å². The second-order valence-electron chi connectivity index (χ2n) is 16.2. The first-order chi connectivity index (χ1) is 27.5. The molecule has 5 amide bonds. The number of nitrogens with zero attached hydrogens (tertiary/aromatic N) is 3. The summed E-state index contributed by atoms with van der Waals surface area (Å²) in [7, 11) is -2.31. The summed E-state index contributed by atoms with van der Waals surface area (Å²) < 4.78 is 46.3. The molecule has 6 atom stereocenters. The quantitative estimate of drug-likeness (QED) is 0.386. The summed E-state index contributed by atoms with van der Waals surface area (Å²) in [5.41, 5.74) is -0.124. The van der Waals surface area contributed by atoms with Gasteiger partial charge in [0.15, 0.2) is 0 Å². The second kappa shape index (κ2) is 16.3. The molecule has 16 heteroatoms. The molecule has 0 radical (unpaired) electrons. The number of amides is 5. The highest BCUT2D eigenvalue weighted by molar-refractivity contribution is 7.91. The lowest BCUT2D eigenvalue weighted by molar-refractivity contribution is -0.141. The average Bonchev–Trinajstić information content (AvgIpc) is 4.07. The number of ether oxygens (including phenoxy) is 3. The first-order valence-electron chi connectivity index (χ1n) is 20.4. The van der Waals surface area contributed by atoms with E-state index in [-0.39, 0.29) is 31.5 Å². The molecule has 0 unspecified atom stereocenters. The predicted octanol–water partition coefficient (Wildman–Crippen LogP) is 3.57. The number of hydrogen-bond donors (Lipinski definition) is 3. The summed E-state index contributed by atoms with van der Waals surface area (Å²) in [6, 6.07) is 5.22. The molecular weight excluding hydrogens is 753 g/mol. The van der Waals surface area contributed by atoms with Crippen LogP contribution in [0.4, 0.5) is 4.79 Å². The van der Waals surface area contributed by atoms with Crippen LogP contribution >= 0.6 is 0 Å². The van der Waals surface area contributed by atoms with Gasteiger partial charge in [-0.1, -0.05) is 37.1 Å². The molecule has 15 nitrogen and oxygen atoms in total. The third-order valence-electron chi connectivity index (χ3n) is 12.0. The van der Waals surface area contributed by atoms with Crippen LogP contribution in [0.5, 0.6) is 11.6 Å². The van der Waals surface area contributed by atoms with Gasteiger partial charge in [-0.2, -0.15) is 0 Å². The molecule has 2 saturated heterocycles. The number of rotatable bonds is 4. The Labute approximate surface area is 333 Å². The first kappa shape index (κ1) is 39.1. The maximum absolute atomic E-state index is 14.7. The van der Waals surface area contributed by atoms with Crippen molar-refractivity contribution in [1.29, 1.82) is 0 Å². The normalized spacial score (nSPS) is 30.6. The molecule has 57 heavy (non-hydrogen) atoms. The van der Waals surface area contributed by atoms with Crippen LogP contribution in [0.2, 0.25) is 0 Å². The van der Waals surface area contributed by atoms with Crippen molar-refractivity contribution in [3.63, 3.8) is 0 Å². The zero-order valence-corrected chi connectivity index (χ0v) is 33.1. The van der Waals surface area contributed by atoms with Gasteiger partial charge in [0, 0.05) is 49.1 Å². The number of methoxy groups -OCH3 is 1. The SMILES string of the molecule is COc1ccc2cc3c(nc2c1)O[C@@H]1C[C@H]2C(=O)N[C@]4(C(=O)NS(=O)(=O)C5CC5)C[C@H]4/C=C\CCCCC[C@H](NC(=O)N4CC[C@@H](C4)OCCCC=C3)C(=O)N2C1. The average molecular weight is 805 g/mol. The van der Waals surface area contributed by atoms with Crippen LogP contribution in [0, 0.1) is 5.92 Å². The van der Waals surface area contributed by atoms with E-state index >= 15 is 0 Å². The third kappa shape index (κ3) is 8.62. The number of sulfonamides is 1. The number of urea groups is 1. The number of aromatic nitrogens is 1. The summed E-state index contributed by atoms with van der Waals surface area (Å²) in [4.78, 5) is 64.8. The van der Waals surface area contributed by atoms with Crippen LogP contribution in [0.3, 0.4) is 0 Å². The summed E-state index contributed by atoms with van der Waals surface area (Å²) in [6.07, 6.45) is 13.9. The topological polar surface area (TPSA) is 186 Å². The summed E-state index contributed by atoms with van der Waals surface area (Å²) in [5.74, 6) is -1.26. The van der Waals surface area contributed by atoms with Gasteiger partial charge in [-0.3, -0.25) is 19.1 Å². The minimum absolute atomic E-state index is 0.0164. The highest BCUT2D eigenvalue weighted by Gasteiger charge is 2.62. The Morgan fingerprint density at radius 2 is 1.84 bits per heavy atom. The van der Waals surface area contributed by atoms with Crippen molar-refractivity contribution >= 4 is 50.8 Å². The number of fused-ring (bicyclic) bond motifs is 7. The number of benzene rings is 1. The van der Waals surface area contributed by atoms with E-state index < -0.39 is 62.6 Å². The molecule has 3 N–H and O–H groups in total. The van der Waals surface area contributed by atoms with E-state index in [0.29, 0.717) is 75.4 Å². The molecule has 8 rings (SSSR count). The van der Waals surface area contributed by atoms with Crippen molar-refractivity contribution < 1.29 is 41.8 Å². The van der Waals surface area contributed by atoms with Crippen molar-refractivity contribution in [1.82, 2.24) is 30.1 Å². The van der Waals surface area contributed by atoms with Crippen LogP contribution in [0.1, 0.15) is 82.6 Å². The lowest BCUT2D eigenvalue weighted by atomic mass is 10.0. The van der Waals surface area contributed by atoms with Gasteiger partial charge in [-0.15, -0.1) is 0 Å². The highest BCUT2D eigenvalue weighted by Crippen LogP contribution is 2.46. The Morgan fingerprint density at radius 3 is 2.67 bits per heavy atom. The number of hydrogen-bond acceptors (Lipinski definition) is 10. The van der Waals surface area contributed by atoms with E-state index in [0.717, 1.165) is 36.6 Å². The van der Waals surface area contributed by atoms with Crippen LogP contribution in [0.15, 0.2) is 42.5 Å². The Bertz CT molecular complexity index is 2070. The fourth-order valence-corrected chi connectivity index (χ4v) is 9.81. The van der Waals surface area contributed by atoms with Gasteiger partial charge in [-0.25, -0.2) is 18.2 Å². The Kier molecular flexibility index (Phi) is 11.2. The van der Waals surface area contributed by atoms with E-state index in [9.17, 15) is 27.6 Å². The van der Waals surface area contributed by atoms with Gasteiger partial charge >= 0.3 is 6.03 Å². The van der Waals surface area contributed by atoms with E-state index in [2.05, 4.69) is 15.4 Å². The van der Waals surface area contributed by atoms with Gasteiger partial charge in [0.05, 0.1) is 30.5 Å². The molecule has 2 saturated carbocycles. The van der Waals surface area contributed by atoms with E-state index in [4.69, 9.17) is 19.2 Å². The standard InChI is InChI=1S/C41H52N6O9S/c1-54-29-14-13-26-20-27-10-6-5-9-19-55-30-17-18-46(24-30)40(51)43-33-12-8-4-2-3-7-11-28-23-41(28,39(50)45-57(52,53)32-15-16-32)44-36(48)35-22-31(25-47(35)38(33)49)56-37(27)42-34(26)21-29/h6-7,10-11,13-14,20-21,28,30-33,35H,2-5,8-9,12,15-19,22-25H2,1H3,(H,43,51)(H,44,48)(H,45,50)/b10-6?,11-7-/t28-,30+,31-,33+,35+,41-/m1/s1. The maximum atomic E-state index is 14.7. The van der Waals surface area contributed by atoms with Crippen LogP contribution in [-0.2, 0) is 29.1 Å². The van der Waals surface area contributed by atoms with Crippen LogP contribution < -0.4 is 24.8 Å². The molecule has 0 spiro atoms. The molecule has 4 fully saturated rings. The lowest BCUT2D eigenvalue weighted by Crippen LogP contribution is -2.58. The molecule has 2 aromatic rings. The van der Waals surface area contributed by atoms with E-state index in [1.54, 1.807) is 12.0 Å². The molecule has 1 aromatic carbocycles. The molecule has 5 heterocycles. The summed E-state index contributed by atoms with van der Waals surface area (Å²) >= 11 is 0. The van der Waals surface area contributed by atoms with Crippen molar-refractivity contribution in [2.45, 2.75) is 112 Å². The minimum Gasteiger partial charge on any atom is -0.497 e. The minimum atomic E-state index is -3.89. The fourth-order valence-electron chi connectivity index (χ4n) is 8.44. The third-order valence-corrected chi connectivity index (χ3v) is 13.9. The van der Waals surface area contributed by atoms with Gasteiger partial charge in [0.2, 0.25) is 27.7 Å². The first-order valence-corrected chi connectivity index (χ1v) is 21.9. The van der Waals surface area contributed by atoms with Crippen LogP contribution in [0.25, 0.3) is 17.0 Å². The number of carbonyl (C=O) groups excluding carboxylic acids is 4. The van der Waals surface area contributed by atoms with Crippen molar-refractivity contribution in [3.8, 4) is 11.6 Å². The van der Waals surface area contributed by atoms with E-state index in [1.807, 2.05) is 48.6 Å². The zero-order valence-electron chi connectivity index (χ0n) is 32.3. The highest BCUT2D eigenvalue weighted by atomic mass is 32.2. The molecule has 2 aliphatic carbocycles. The Balaban J connectivity index is 1.14. The fraction of sp³-hybridized carbons (Fsp3) is 0.585. The number of nitrogens with one attached hydrogen (secondary N) is 3. The van der Waals surface area contributed by atoms with Crippen molar-refractivity contribution in [3.05, 3.63) is 48.1 Å². The smallest absolute Gasteiger partial charge is 0.318 e. The largest absolute Gasteiger partial charge is 0.497 e. The molecule has 6 aliphatic rings. The number of pyridine rings is 1. The summed E-state index contributed by atoms with van der Waals surface area (Å²) in [5, 5.41) is 6.18. The van der Waals surface area contributed by atoms with E-state index in [1.165, 1.54) is 4.90 Å². The van der Waals surface area contributed by atoms with Crippen molar-refractivity contribution in [2.75, 3.05) is 33.4 Å². The monoisotopic (exact) mass is 804 g/mol. The molecular formula is C41H52N6O9S. The Hall–Kier alpha value is -4.70. The zero-order chi connectivity index (χ0) is 39.7. The van der Waals surface area contributed by atoms with Gasteiger partial charge in [0.1, 0.15) is 29.5 Å². The molecule has 1 aromatic heterocycles. The van der Waals surface area contributed by atoms with Crippen LogP contribution in [-0.4, -0.2) is 115 Å². The predicted molar refractivity (Wildman–Crippen MR) is 211 cm³/mol. The number of carbonyl (C=O) groups is 4. The Morgan fingerprint density at radius 1 is 1.00 bits per heavy atom. The maximum Gasteiger partial charge on any atom is 0.318 e.